The zero-order chi connectivity index (χ0) is 13.7. The summed E-state index contributed by atoms with van der Waals surface area (Å²) in [4.78, 5) is 23.7. The second-order valence-corrected chi connectivity index (χ2v) is 4.76. The number of amides is 1. The Balaban J connectivity index is 4.90. The van der Waals surface area contributed by atoms with Crippen molar-refractivity contribution in [2.45, 2.75) is 46.1 Å². The lowest BCUT2D eigenvalue weighted by molar-refractivity contribution is -0.151. The number of nitrogens with two attached hydrogens (primary N) is 1. The number of carbonyl (C=O) groups is 2. The number of hydrogen-bond acceptors (Lipinski definition) is 4. The maximum absolute atomic E-state index is 12.2. The Morgan fingerprint density at radius 1 is 1.24 bits per heavy atom. The van der Waals surface area contributed by atoms with Crippen LogP contribution >= 0.6 is 0 Å². The molecule has 3 N–H and O–H groups in total. The molecule has 1 amide bonds. The van der Waals surface area contributed by atoms with Crippen molar-refractivity contribution in [3.63, 3.8) is 0 Å². The molecule has 100 valence electrons. The Hall–Kier alpha value is -1.10. The van der Waals surface area contributed by atoms with E-state index in [1.807, 2.05) is 13.8 Å². The minimum atomic E-state index is -1.03. The minimum absolute atomic E-state index is 0.194. The number of rotatable bonds is 6. The van der Waals surface area contributed by atoms with Crippen LogP contribution in [-0.4, -0.2) is 31.1 Å². The monoisotopic (exact) mass is 244 g/mol. The van der Waals surface area contributed by atoms with Gasteiger partial charge in [0, 0.05) is 6.54 Å². The highest BCUT2D eigenvalue weighted by molar-refractivity contribution is 5.90. The fraction of sp³-hybridized carbons (Fsp3) is 0.833. The molecule has 0 radical (unpaired) electrons. The topological polar surface area (TPSA) is 81.4 Å². The molecular formula is C12H24N2O3. The number of carbonyl (C=O) groups excluding carboxylic acids is 2. The number of ether oxygens (including phenoxy) is 1. The number of nitrogens with one attached hydrogen (secondary N) is 1. The molecule has 0 rings (SSSR count). The molecule has 5 nitrogen and oxygen atoms in total. The summed E-state index contributed by atoms with van der Waals surface area (Å²) in [5, 5.41) is 2.71. The third-order valence-corrected chi connectivity index (χ3v) is 3.35. The van der Waals surface area contributed by atoms with Crippen molar-refractivity contribution < 1.29 is 14.3 Å². The van der Waals surface area contributed by atoms with E-state index >= 15 is 0 Å². The van der Waals surface area contributed by atoms with Gasteiger partial charge in [-0.15, -0.1) is 0 Å². The Kier molecular flexibility index (Phi) is 5.61. The summed E-state index contributed by atoms with van der Waals surface area (Å²) in [7, 11) is 1.30. The first-order valence-electron chi connectivity index (χ1n) is 5.90. The van der Waals surface area contributed by atoms with Crippen LogP contribution in [0.2, 0.25) is 0 Å². The molecule has 0 aromatic rings. The van der Waals surface area contributed by atoms with Crippen LogP contribution in [-0.2, 0) is 14.3 Å². The van der Waals surface area contributed by atoms with E-state index in [9.17, 15) is 9.59 Å². The van der Waals surface area contributed by atoms with Crippen molar-refractivity contribution in [2.24, 2.45) is 11.1 Å². The van der Waals surface area contributed by atoms with Gasteiger partial charge in [0.15, 0.2) is 0 Å². The average molecular weight is 244 g/mol. The molecular weight excluding hydrogens is 220 g/mol. The summed E-state index contributed by atoms with van der Waals surface area (Å²) in [6.07, 6.45) is 1.28. The van der Waals surface area contributed by atoms with Crippen molar-refractivity contribution in [1.29, 1.82) is 0 Å². The van der Waals surface area contributed by atoms with Crippen LogP contribution in [0, 0.1) is 5.41 Å². The maximum Gasteiger partial charge on any atom is 0.330 e. The molecule has 0 atom stereocenters. The minimum Gasteiger partial charge on any atom is -0.467 e. The summed E-state index contributed by atoms with van der Waals surface area (Å²) in [5.41, 5.74) is 4.04. The van der Waals surface area contributed by atoms with Gasteiger partial charge in [-0.05, 0) is 26.7 Å². The first-order chi connectivity index (χ1) is 7.79. The van der Waals surface area contributed by atoms with Gasteiger partial charge in [0.2, 0.25) is 5.91 Å². The zero-order valence-electron chi connectivity index (χ0n) is 11.4. The molecule has 0 heterocycles. The van der Waals surface area contributed by atoms with Crippen LogP contribution in [0.3, 0.4) is 0 Å². The van der Waals surface area contributed by atoms with Crippen molar-refractivity contribution >= 4 is 11.9 Å². The van der Waals surface area contributed by atoms with E-state index in [0.717, 1.165) is 0 Å². The maximum atomic E-state index is 12.2. The summed E-state index contributed by atoms with van der Waals surface area (Å²) < 4.78 is 4.64. The van der Waals surface area contributed by atoms with E-state index in [1.165, 1.54) is 7.11 Å². The van der Waals surface area contributed by atoms with E-state index < -0.39 is 16.9 Å². The molecule has 0 spiro atoms. The van der Waals surface area contributed by atoms with Gasteiger partial charge in [0.25, 0.3) is 0 Å². The van der Waals surface area contributed by atoms with Gasteiger partial charge in [-0.1, -0.05) is 13.8 Å². The fourth-order valence-electron chi connectivity index (χ4n) is 1.68. The van der Waals surface area contributed by atoms with E-state index in [0.29, 0.717) is 12.8 Å². The van der Waals surface area contributed by atoms with Crippen LogP contribution < -0.4 is 11.1 Å². The van der Waals surface area contributed by atoms with Gasteiger partial charge in [0.05, 0.1) is 12.5 Å². The molecule has 0 aromatic heterocycles. The summed E-state index contributed by atoms with van der Waals surface area (Å²) >= 11 is 0. The second kappa shape index (κ2) is 6.00. The lowest BCUT2D eigenvalue weighted by Crippen LogP contribution is -2.56. The lowest BCUT2D eigenvalue weighted by atomic mass is 9.80. The van der Waals surface area contributed by atoms with Gasteiger partial charge in [-0.3, -0.25) is 4.79 Å². The predicted octanol–water partition coefficient (Wildman–Crippen LogP) is 0.819. The molecule has 0 aliphatic rings. The molecule has 0 aliphatic heterocycles. The highest BCUT2D eigenvalue weighted by Gasteiger charge is 2.39. The van der Waals surface area contributed by atoms with Crippen molar-refractivity contribution in [3.05, 3.63) is 0 Å². The van der Waals surface area contributed by atoms with Crippen LogP contribution in [0.25, 0.3) is 0 Å². The van der Waals surface area contributed by atoms with E-state index in [-0.39, 0.29) is 12.5 Å². The SMILES string of the molecule is CCC(CC)(CN)C(=O)NC(C)(C)C(=O)OC. The second-order valence-electron chi connectivity index (χ2n) is 4.76. The number of esters is 1. The molecule has 5 heteroatoms. The summed E-state index contributed by atoms with van der Waals surface area (Å²) in [6.45, 7) is 7.33. The molecule has 0 saturated carbocycles. The summed E-state index contributed by atoms with van der Waals surface area (Å²) in [5.74, 6) is -0.663. The van der Waals surface area contributed by atoms with Gasteiger partial charge >= 0.3 is 5.97 Å². The van der Waals surface area contributed by atoms with Gasteiger partial charge in [0.1, 0.15) is 5.54 Å². The Morgan fingerprint density at radius 2 is 1.71 bits per heavy atom. The van der Waals surface area contributed by atoms with E-state index in [1.54, 1.807) is 13.8 Å². The molecule has 0 bridgehead atoms. The van der Waals surface area contributed by atoms with Crippen LogP contribution in [0.15, 0.2) is 0 Å². The largest absolute Gasteiger partial charge is 0.467 e. The Bertz CT molecular complexity index is 275. The molecule has 0 fully saturated rings. The molecule has 0 unspecified atom stereocenters. The fourth-order valence-corrected chi connectivity index (χ4v) is 1.68. The number of hydrogen-bond donors (Lipinski definition) is 2. The van der Waals surface area contributed by atoms with E-state index in [4.69, 9.17) is 5.73 Å². The first-order valence-corrected chi connectivity index (χ1v) is 5.90. The third-order valence-electron chi connectivity index (χ3n) is 3.35. The molecule has 17 heavy (non-hydrogen) atoms. The normalized spacial score (nSPS) is 12.1. The Morgan fingerprint density at radius 3 is 2.00 bits per heavy atom. The summed E-state index contributed by atoms with van der Waals surface area (Å²) in [6, 6.07) is 0. The third kappa shape index (κ3) is 3.43. The van der Waals surface area contributed by atoms with Crippen LogP contribution in [0.4, 0.5) is 0 Å². The van der Waals surface area contributed by atoms with Crippen LogP contribution in [0.5, 0.6) is 0 Å². The van der Waals surface area contributed by atoms with Crippen molar-refractivity contribution in [3.8, 4) is 0 Å². The first kappa shape index (κ1) is 15.9. The molecule has 0 aliphatic carbocycles. The smallest absolute Gasteiger partial charge is 0.330 e. The highest BCUT2D eigenvalue weighted by Crippen LogP contribution is 2.26. The van der Waals surface area contributed by atoms with Crippen molar-refractivity contribution in [1.82, 2.24) is 5.32 Å². The number of methoxy groups -OCH3 is 1. The van der Waals surface area contributed by atoms with Crippen molar-refractivity contribution in [2.75, 3.05) is 13.7 Å². The average Bonchev–Trinajstić information content (AvgIpc) is 2.30. The lowest BCUT2D eigenvalue weighted by Gasteiger charge is -2.33. The quantitative estimate of drug-likeness (QED) is 0.678. The predicted molar refractivity (Wildman–Crippen MR) is 66.3 cm³/mol. The molecule has 0 aromatic carbocycles. The zero-order valence-corrected chi connectivity index (χ0v) is 11.4. The Labute approximate surface area is 103 Å². The van der Waals surface area contributed by atoms with Gasteiger partial charge in [-0.2, -0.15) is 0 Å². The van der Waals surface area contributed by atoms with Gasteiger partial charge < -0.3 is 15.8 Å². The standard InChI is InChI=1S/C12H24N2O3/c1-6-12(7-2,8-13)9(15)14-11(3,4)10(16)17-5/h6-8,13H2,1-5H3,(H,14,15). The highest BCUT2D eigenvalue weighted by atomic mass is 16.5. The van der Waals surface area contributed by atoms with E-state index in [2.05, 4.69) is 10.1 Å². The van der Waals surface area contributed by atoms with Gasteiger partial charge in [-0.25, -0.2) is 4.79 Å². The molecule has 0 saturated heterocycles. The van der Waals surface area contributed by atoms with Crippen LogP contribution in [0.1, 0.15) is 40.5 Å².